The molecule has 164 valence electrons. The highest BCUT2D eigenvalue weighted by Crippen LogP contribution is 2.36. The number of nitrogens with zero attached hydrogens (tertiary/aromatic N) is 2. The summed E-state index contributed by atoms with van der Waals surface area (Å²) in [6.45, 7) is 3.44. The van der Waals surface area contributed by atoms with Crippen LogP contribution < -0.4 is 4.90 Å². The first kappa shape index (κ1) is 22.9. The first-order chi connectivity index (χ1) is 14.9. The van der Waals surface area contributed by atoms with Gasteiger partial charge in [-0.3, -0.25) is 9.59 Å². The molecule has 0 saturated heterocycles. The topological polar surface area (TPSA) is 59.1 Å². The number of imide groups is 1. The summed E-state index contributed by atoms with van der Waals surface area (Å²) in [5.74, 6) is -1.62. The molecule has 0 fully saturated rings. The molecule has 0 aliphatic carbocycles. The van der Waals surface area contributed by atoms with Crippen molar-refractivity contribution in [3.63, 3.8) is 0 Å². The lowest BCUT2D eigenvalue weighted by molar-refractivity contribution is -0.120. The number of anilines is 1. The molecule has 2 amide bonds. The van der Waals surface area contributed by atoms with Crippen LogP contribution in [0.4, 0.5) is 10.1 Å². The Hall–Kier alpha value is -2.74. The molecule has 2 aromatic rings. The number of halogens is 2. The first-order valence-corrected chi connectivity index (χ1v) is 10.1. The predicted octanol–water partition coefficient (Wildman–Crippen LogP) is 3.67. The van der Waals surface area contributed by atoms with Crippen LogP contribution in [0.3, 0.4) is 0 Å². The van der Waals surface area contributed by atoms with Crippen molar-refractivity contribution in [2.24, 2.45) is 0 Å². The van der Waals surface area contributed by atoms with Crippen LogP contribution in [0.1, 0.15) is 11.1 Å². The van der Waals surface area contributed by atoms with Crippen molar-refractivity contribution in [3.05, 3.63) is 70.1 Å². The molecule has 3 rings (SSSR count). The maximum atomic E-state index is 13.7. The molecule has 0 radical (unpaired) electrons. The number of benzene rings is 2. The van der Waals surface area contributed by atoms with Crippen molar-refractivity contribution in [3.8, 4) is 0 Å². The van der Waals surface area contributed by atoms with E-state index in [1.54, 1.807) is 19.1 Å². The number of ether oxygens (including phenoxy) is 2. The number of carbonyl (C=O) groups is 2. The van der Waals surface area contributed by atoms with E-state index in [4.69, 9.17) is 21.1 Å². The zero-order chi connectivity index (χ0) is 22.5. The van der Waals surface area contributed by atoms with E-state index in [2.05, 4.69) is 0 Å². The summed E-state index contributed by atoms with van der Waals surface area (Å²) in [7, 11) is 3.14. The van der Waals surface area contributed by atoms with Gasteiger partial charge in [-0.05, 0) is 30.7 Å². The Morgan fingerprint density at radius 1 is 0.968 bits per heavy atom. The maximum Gasteiger partial charge on any atom is 0.282 e. The molecule has 0 saturated carbocycles. The Balaban J connectivity index is 2.13. The molecular weight excluding hydrogens is 423 g/mol. The molecule has 0 N–H and O–H groups in total. The molecule has 2 aromatic carbocycles. The van der Waals surface area contributed by atoms with Gasteiger partial charge in [0.05, 0.1) is 29.5 Å². The van der Waals surface area contributed by atoms with Gasteiger partial charge in [0.15, 0.2) is 0 Å². The summed E-state index contributed by atoms with van der Waals surface area (Å²) in [6, 6.07) is 11.1. The fraction of sp³-hybridized carbons (Fsp3) is 0.304. The summed E-state index contributed by atoms with van der Waals surface area (Å²) in [4.78, 5) is 29.8. The van der Waals surface area contributed by atoms with Crippen LogP contribution in [0, 0.1) is 12.7 Å². The maximum absolute atomic E-state index is 13.7. The van der Waals surface area contributed by atoms with Gasteiger partial charge in [0.2, 0.25) is 0 Å². The van der Waals surface area contributed by atoms with Crippen LogP contribution in [-0.4, -0.2) is 57.2 Å². The van der Waals surface area contributed by atoms with Crippen LogP contribution in [0.2, 0.25) is 5.02 Å². The van der Waals surface area contributed by atoms with Crippen molar-refractivity contribution in [2.45, 2.75) is 6.92 Å². The van der Waals surface area contributed by atoms with Gasteiger partial charge in [-0.1, -0.05) is 41.4 Å². The van der Waals surface area contributed by atoms with E-state index in [0.717, 1.165) is 16.5 Å². The highest BCUT2D eigenvalue weighted by Gasteiger charge is 2.42. The third-order valence-corrected chi connectivity index (χ3v) is 5.30. The fourth-order valence-corrected chi connectivity index (χ4v) is 3.56. The molecule has 6 nitrogen and oxygen atoms in total. The fourth-order valence-electron chi connectivity index (χ4n) is 3.39. The smallest absolute Gasteiger partial charge is 0.282 e. The van der Waals surface area contributed by atoms with Crippen molar-refractivity contribution >= 4 is 34.7 Å². The quantitative estimate of drug-likeness (QED) is 0.550. The van der Waals surface area contributed by atoms with E-state index < -0.39 is 17.6 Å². The molecule has 0 unspecified atom stereocenters. The standard InChI is InChI=1S/C23H24ClFN2O4/c1-15-4-6-16(7-5-15)20-21(26(10-12-30-2)11-13-31-3)23(29)27(22(20)28)17-8-9-19(25)18(24)14-17/h4-9,14H,10-13H2,1-3H3. The molecule has 0 bridgehead atoms. The largest absolute Gasteiger partial charge is 0.383 e. The van der Waals surface area contributed by atoms with E-state index in [9.17, 15) is 14.0 Å². The third kappa shape index (κ3) is 4.79. The molecule has 1 aliphatic rings. The minimum atomic E-state index is -0.627. The van der Waals surface area contributed by atoms with Crippen molar-refractivity contribution in [1.29, 1.82) is 0 Å². The third-order valence-electron chi connectivity index (χ3n) is 5.01. The monoisotopic (exact) mass is 446 g/mol. The number of carbonyl (C=O) groups excluding carboxylic acids is 2. The lowest BCUT2D eigenvalue weighted by Gasteiger charge is -2.25. The van der Waals surface area contributed by atoms with Crippen molar-refractivity contribution < 1.29 is 23.5 Å². The Morgan fingerprint density at radius 3 is 2.13 bits per heavy atom. The zero-order valence-electron chi connectivity index (χ0n) is 17.7. The normalized spacial score (nSPS) is 14.0. The minimum absolute atomic E-state index is 0.168. The molecule has 31 heavy (non-hydrogen) atoms. The van der Waals surface area contributed by atoms with Gasteiger partial charge < -0.3 is 14.4 Å². The van der Waals surface area contributed by atoms with E-state index in [-0.39, 0.29) is 22.0 Å². The highest BCUT2D eigenvalue weighted by atomic mass is 35.5. The summed E-state index contributed by atoms with van der Waals surface area (Å²) in [5.41, 5.74) is 2.38. The SMILES string of the molecule is COCCN(CCOC)C1=C(c2ccc(C)cc2)C(=O)N(c2ccc(F)c(Cl)c2)C1=O. The Labute approximate surface area is 185 Å². The number of rotatable bonds is 9. The Morgan fingerprint density at radius 2 is 1.58 bits per heavy atom. The molecule has 8 heteroatoms. The summed E-state index contributed by atoms with van der Waals surface area (Å²) in [5, 5.41) is -0.168. The predicted molar refractivity (Wildman–Crippen MR) is 117 cm³/mol. The molecule has 1 aliphatic heterocycles. The number of amides is 2. The highest BCUT2D eigenvalue weighted by molar-refractivity contribution is 6.45. The lowest BCUT2D eigenvalue weighted by Crippen LogP contribution is -2.37. The minimum Gasteiger partial charge on any atom is -0.383 e. The number of hydrogen-bond donors (Lipinski definition) is 0. The van der Waals surface area contributed by atoms with E-state index in [1.807, 2.05) is 31.2 Å². The van der Waals surface area contributed by atoms with E-state index >= 15 is 0 Å². The average Bonchev–Trinajstić information content (AvgIpc) is 3.01. The van der Waals surface area contributed by atoms with Gasteiger partial charge >= 0.3 is 0 Å². The van der Waals surface area contributed by atoms with Crippen LogP contribution in [0.5, 0.6) is 0 Å². The van der Waals surface area contributed by atoms with E-state index in [1.165, 1.54) is 12.1 Å². The number of methoxy groups -OCH3 is 2. The zero-order valence-corrected chi connectivity index (χ0v) is 18.4. The van der Waals surface area contributed by atoms with Crippen molar-refractivity contribution in [1.82, 2.24) is 4.90 Å². The molecule has 0 spiro atoms. The van der Waals surface area contributed by atoms with Crippen LogP contribution in [0.15, 0.2) is 48.2 Å². The van der Waals surface area contributed by atoms with Crippen LogP contribution >= 0.6 is 11.6 Å². The molecule has 0 atom stereocenters. The average molecular weight is 447 g/mol. The molecule has 0 aromatic heterocycles. The molecular formula is C23H24ClFN2O4. The summed E-state index contributed by atoms with van der Waals surface area (Å²) in [6.07, 6.45) is 0. The van der Waals surface area contributed by atoms with Gasteiger partial charge in [0, 0.05) is 27.3 Å². The first-order valence-electron chi connectivity index (χ1n) is 9.77. The van der Waals surface area contributed by atoms with Crippen molar-refractivity contribution in [2.75, 3.05) is 45.4 Å². The van der Waals surface area contributed by atoms with Gasteiger partial charge in [-0.15, -0.1) is 0 Å². The molecule has 1 heterocycles. The summed E-state index contributed by atoms with van der Waals surface area (Å²) >= 11 is 5.91. The van der Waals surface area contributed by atoms with Gasteiger partial charge in [0.1, 0.15) is 11.5 Å². The second kappa shape index (κ2) is 10.0. The second-order valence-electron chi connectivity index (χ2n) is 7.11. The Kier molecular flexibility index (Phi) is 7.43. The Bertz CT molecular complexity index is 999. The van der Waals surface area contributed by atoms with Gasteiger partial charge in [0.25, 0.3) is 11.8 Å². The van der Waals surface area contributed by atoms with Gasteiger partial charge in [-0.2, -0.15) is 0 Å². The number of aryl methyl sites for hydroxylation is 1. The second-order valence-corrected chi connectivity index (χ2v) is 7.51. The van der Waals surface area contributed by atoms with Crippen LogP contribution in [0.25, 0.3) is 5.57 Å². The van der Waals surface area contributed by atoms with Crippen LogP contribution in [-0.2, 0) is 19.1 Å². The lowest BCUT2D eigenvalue weighted by atomic mass is 10.0. The van der Waals surface area contributed by atoms with E-state index in [0.29, 0.717) is 31.9 Å². The summed E-state index contributed by atoms with van der Waals surface area (Å²) < 4.78 is 24.1. The number of hydrogen-bond acceptors (Lipinski definition) is 5. The van der Waals surface area contributed by atoms with Gasteiger partial charge in [-0.25, -0.2) is 9.29 Å².